The lowest BCUT2D eigenvalue weighted by molar-refractivity contribution is -0.401. The van der Waals surface area contributed by atoms with Crippen LogP contribution in [0, 0.1) is 28.6 Å². The third-order valence-electron chi connectivity index (χ3n) is 8.63. The van der Waals surface area contributed by atoms with E-state index >= 15 is 0 Å². The van der Waals surface area contributed by atoms with Gasteiger partial charge in [-0.1, -0.05) is 13.8 Å². The number of carbonyl (C=O) groups excluding carboxylic acids is 4. The summed E-state index contributed by atoms with van der Waals surface area (Å²) in [5, 5.41) is 0. The molecule has 4 rings (SSSR count). The van der Waals surface area contributed by atoms with Crippen molar-refractivity contribution in [3.8, 4) is 0 Å². The van der Waals surface area contributed by atoms with Crippen molar-refractivity contribution >= 4 is 23.9 Å². The summed E-state index contributed by atoms with van der Waals surface area (Å²) in [6.45, 7) is 6.38. The number of hydrogen-bond acceptors (Lipinski definition) is 10. The van der Waals surface area contributed by atoms with Crippen LogP contribution in [0.5, 0.6) is 0 Å². The second kappa shape index (κ2) is 9.21. The van der Waals surface area contributed by atoms with Crippen LogP contribution in [0.2, 0.25) is 0 Å². The van der Waals surface area contributed by atoms with Gasteiger partial charge in [-0.05, 0) is 36.2 Å². The molecule has 10 heteroatoms. The molecule has 0 amide bonds. The van der Waals surface area contributed by atoms with Gasteiger partial charge >= 0.3 is 23.9 Å². The summed E-state index contributed by atoms with van der Waals surface area (Å²) in [6.07, 6.45) is 2.56. The Kier molecular flexibility index (Phi) is 6.70. The van der Waals surface area contributed by atoms with E-state index in [2.05, 4.69) is 0 Å². The summed E-state index contributed by atoms with van der Waals surface area (Å²) in [7, 11) is 2.65. The monoisotopic (exact) mass is 506 g/mol. The van der Waals surface area contributed by atoms with E-state index in [4.69, 9.17) is 28.1 Å². The second-order valence-corrected chi connectivity index (χ2v) is 10.7. The minimum atomic E-state index is -1.77. The van der Waals surface area contributed by atoms with Gasteiger partial charge in [0.1, 0.15) is 0 Å². The quantitative estimate of drug-likeness (QED) is 0.433. The molecule has 8 atom stereocenters. The minimum Gasteiger partial charge on any atom is -0.472 e. The number of methoxy groups -OCH3 is 2. The molecule has 2 aliphatic carbocycles. The molecule has 3 fully saturated rings. The van der Waals surface area contributed by atoms with Crippen molar-refractivity contribution < 1.29 is 47.3 Å². The van der Waals surface area contributed by atoms with Gasteiger partial charge in [0.25, 0.3) is 5.79 Å². The molecule has 0 unspecified atom stereocenters. The largest absolute Gasteiger partial charge is 0.472 e. The fourth-order valence-electron chi connectivity index (χ4n) is 7.46. The zero-order chi connectivity index (χ0) is 26.5. The fourth-order valence-corrected chi connectivity index (χ4v) is 7.46. The average molecular weight is 507 g/mol. The number of rotatable bonds is 5. The number of furan rings is 1. The highest BCUT2D eigenvalue weighted by molar-refractivity contribution is 5.76. The number of carbonyl (C=O) groups is 4. The highest BCUT2D eigenvalue weighted by Gasteiger charge is 2.76. The topological polar surface area (TPSA) is 128 Å². The van der Waals surface area contributed by atoms with Crippen LogP contribution in [0.15, 0.2) is 23.0 Å². The molecule has 2 heterocycles. The number of ether oxygens (including phenoxy) is 5. The molecule has 1 aliphatic heterocycles. The van der Waals surface area contributed by atoms with E-state index in [9.17, 15) is 19.2 Å². The van der Waals surface area contributed by atoms with Crippen LogP contribution < -0.4 is 0 Å². The van der Waals surface area contributed by atoms with E-state index in [0.717, 1.165) is 0 Å². The van der Waals surface area contributed by atoms with Crippen molar-refractivity contribution in [2.24, 2.45) is 28.6 Å². The summed E-state index contributed by atoms with van der Waals surface area (Å²) in [5.41, 5.74) is -0.991. The first kappa shape index (κ1) is 26.2. The van der Waals surface area contributed by atoms with Crippen molar-refractivity contribution in [3.05, 3.63) is 24.2 Å². The van der Waals surface area contributed by atoms with Crippen LogP contribution in [0.25, 0.3) is 0 Å². The Morgan fingerprint density at radius 1 is 0.972 bits per heavy atom. The van der Waals surface area contributed by atoms with Gasteiger partial charge < -0.3 is 28.1 Å². The van der Waals surface area contributed by atoms with E-state index in [0.29, 0.717) is 24.8 Å². The molecule has 0 aromatic carbocycles. The first-order chi connectivity index (χ1) is 16.9. The van der Waals surface area contributed by atoms with E-state index < -0.39 is 70.5 Å². The highest BCUT2D eigenvalue weighted by atomic mass is 16.7. The van der Waals surface area contributed by atoms with E-state index in [1.54, 1.807) is 6.07 Å². The van der Waals surface area contributed by atoms with Gasteiger partial charge in [-0.2, -0.15) is 0 Å². The van der Waals surface area contributed by atoms with Crippen LogP contribution in [0.3, 0.4) is 0 Å². The molecule has 198 valence electrons. The third-order valence-corrected chi connectivity index (χ3v) is 8.63. The Labute approximate surface area is 209 Å². The lowest BCUT2D eigenvalue weighted by Gasteiger charge is -2.68. The molecule has 0 N–H and O–H groups in total. The lowest BCUT2D eigenvalue weighted by atomic mass is 9.41. The predicted molar refractivity (Wildman–Crippen MR) is 122 cm³/mol. The molecule has 1 aromatic rings. The Balaban J connectivity index is 2.00. The molecule has 1 aromatic heterocycles. The van der Waals surface area contributed by atoms with E-state index in [1.807, 2.05) is 13.8 Å². The Morgan fingerprint density at radius 3 is 2.19 bits per heavy atom. The molecule has 3 aliphatic rings. The Morgan fingerprint density at radius 2 is 1.64 bits per heavy atom. The van der Waals surface area contributed by atoms with Crippen molar-refractivity contribution in [3.63, 3.8) is 0 Å². The molecule has 36 heavy (non-hydrogen) atoms. The van der Waals surface area contributed by atoms with Gasteiger partial charge in [-0.25, -0.2) is 0 Å². The Hall–Kier alpha value is -2.88. The summed E-state index contributed by atoms with van der Waals surface area (Å²) in [4.78, 5) is 51.1. The van der Waals surface area contributed by atoms with Crippen LogP contribution in [0.1, 0.15) is 65.0 Å². The van der Waals surface area contributed by atoms with Gasteiger partial charge in [0, 0.05) is 31.7 Å². The van der Waals surface area contributed by atoms with E-state index in [-0.39, 0.29) is 6.42 Å². The van der Waals surface area contributed by atoms with Crippen LogP contribution in [-0.4, -0.2) is 50.0 Å². The molecule has 1 saturated heterocycles. The molecule has 10 nitrogen and oxygen atoms in total. The Bertz CT molecular complexity index is 1030. The van der Waals surface area contributed by atoms with Gasteiger partial charge in [-0.15, -0.1) is 0 Å². The van der Waals surface area contributed by atoms with Gasteiger partial charge in [-0.3, -0.25) is 19.2 Å². The first-order valence-electron chi connectivity index (χ1n) is 12.1. The maximum absolute atomic E-state index is 13.1. The molecular weight excluding hydrogens is 472 g/mol. The number of hydrogen-bond donors (Lipinski definition) is 0. The van der Waals surface area contributed by atoms with Gasteiger partial charge in [0.15, 0.2) is 6.10 Å². The summed E-state index contributed by atoms with van der Waals surface area (Å²) < 4.78 is 34.1. The van der Waals surface area contributed by atoms with E-state index in [1.165, 1.54) is 40.6 Å². The highest BCUT2D eigenvalue weighted by Crippen LogP contribution is 2.71. The summed E-state index contributed by atoms with van der Waals surface area (Å²) in [6, 6.07) is 1.74. The normalized spacial score (nSPS) is 39.3. The minimum absolute atomic E-state index is 0.0314. The maximum Gasteiger partial charge on any atom is 0.309 e. The number of esters is 4. The SMILES string of the molecule is COC(=O)[C@@H]1C[C@H](OC(C)=O)[C@@]2(OC(C)=O)O[C@@H](c3ccoc3)C[C@]3(C)[C@@H]2[C@@]1(C)CC[C@H]3C(=O)OC. The third kappa shape index (κ3) is 3.90. The van der Waals surface area contributed by atoms with Crippen molar-refractivity contribution in [1.29, 1.82) is 0 Å². The smallest absolute Gasteiger partial charge is 0.309 e. The zero-order valence-electron chi connectivity index (χ0n) is 21.5. The summed E-state index contributed by atoms with van der Waals surface area (Å²) >= 11 is 0. The molecule has 0 spiro atoms. The molecule has 0 radical (unpaired) electrons. The maximum atomic E-state index is 13.1. The molecular formula is C26H34O10. The standard InChI is InChI=1S/C26H34O10/c1-14(27)34-20-11-18(22(30)32-6)24(3)9-7-17(21(29)31-5)25(4)12-19(16-8-10-33-13-16)36-26(20,23(24)25)35-15(2)28/h8,10,13,17-20,23H,7,9,11-12H2,1-6H3/t17-,18-,19+,20-,23-,24-,25-,26+/m0/s1. The van der Waals surface area contributed by atoms with Crippen molar-refractivity contribution in [2.45, 2.75) is 71.4 Å². The van der Waals surface area contributed by atoms with Crippen LogP contribution >= 0.6 is 0 Å². The lowest BCUT2D eigenvalue weighted by Crippen LogP contribution is -2.74. The van der Waals surface area contributed by atoms with Crippen LogP contribution in [0.4, 0.5) is 0 Å². The first-order valence-corrected chi connectivity index (χ1v) is 12.1. The molecule has 0 bridgehead atoms. The van der Waals surface area contributed by atoms with Crippen molar-refractivity contribution in [2.75, 3.05) is 14.2 Å². The fraction of sp³-hybridized carbons (Fsp3) is 0.692. The average Bonchev–Trinajstić information content (AvgIpc) is 3.34. The predicted octanol–water partition coefficient (Wildman–Crippen LogP) is 3.34. The molecule has 2 saturated carbocycles. The van der Waals surface area contributed by atoms with Gasteiger partial charge in [0.2, 0.25) is 0 Å². The zero-order valence-corrected chi connectivity index (χ0v) is 21.5. The summed E-state index contributed by atoms with van der Waals surface area (Å²) in [5.74, 6) is -5.84. The van der Waals surface area contributed by atoms with Crippen LogP contribution in [-0.2, 0) is 42.9 Å². The van der Waals surface area contributed by atoms with Crippen molar-refractivity contribution in [1.82, 2.24) is 0 Å². The van der Waals surface area contributed by atoms with Gasteiger partial charge in [0.05, 0.1) is 44.7 Å². The second-order valence-electron chi connectivity index (χ2n) is 10.7.